The number of fused-ring (bicyclic) bond motifs is 2. The number of ether oxygens (including phenoxy) is 2. The van der Waals surface area contributed by atoms with E-state index < -0.39 is 10.0 Å². The minimum atomic E-state index is -3.67. The highest BCUT2D eigenvalue weighted by atomic mass is 35.5. The van der Waals surface area contributed by atoms with Crippen molar-refractivity contribution in [3.63, 3.8) is 0 Å². The van der Waals surface area contributed by atoms with Crippen molar-refractivity contribution >= 4 is 32.5 Å². The van der Waals surface area contributed by atoms with Crippen molar-refractivity contribution < 1.29 is 17.9 Å². The molecule has 152 valence electrons. The minimum absolute atomic E-state index is 0.172. The molecule has 1 aliphatic heterocycles. The number of halogens is 1. The number of pyridine rings is 1. The fourth-order valence-corrected chi connectivity index (χ4v) is 4.59. The molecule has 7 nitrogen and oxygen atoms in total. The zero-order chi connectivity index (χ0) is 20.3. The van der Waals surface area contributed by atoms with Crippen molar-refractivity contribution in [2.24, 2.45) is 0 Å². The van der Waals surface area contributed by atoms with Gasteiger partial charge in [-0.15, -0.1) is 0 Å². The van der Waals surface area contributed by atoms with Crippen LogP contribution in [-0.2, 0) is 16.4 Å². The van der Waals surface area contributed by atoms with E-state index in [1.165, 1.54) is 6.07 Å². The lowest BCUT2D eigenvalue weighted by Crippen LogP contribution is -2.32. The monoisotopic (exact) mass is 433 g/mol. The van der Waals surface area contributed by atoms with Gasteiger partial charge in [0.15, 0.2) is 11.5 Å². The van der Waals surface area contributed by atoms with Gasteiger partial charge in [0, 0.05) is 24.7 Å². The normalized spacial score (nSPS) is 13.1. The van der Waals surface area contributed by atoms with Crippen LogP contribution in [0.25, 0.3) is 10.9 Å². The summed E-state index contributed by atoms with van der Waals surface area (Å²) in [5.74, 6) is 1.53. The fourth-order valence-electron chi connectivity index (χ4n) is 3.15. The fraction of sp³-hybridized carbons (Fsp3) is 0.250. The third-order valence-electron chi connectivity index (χ3n) is 4.59. The van der Waals surface area contributed by atoms with Gasteiger partial charge in [-0.1, -0.05) is 17.7 Å². The van der Waals surface area contributed by atoms with Crippen LogP contribution in [0.1, 0.15) is 5.56 Å². The lowest BCUT2D eigenvalue weighted by molar-refractivity contribution is 0.174. The van der Waals surface area contributed by atoms with E-state index in [2.05, 4.69) is 15.0 Å². The molecule has 0 atom stereocenters. The smallest absolute Gasteiger partial charge is 0.241 e. The van der Waals surface area contributed by atoms with Gasteiger partial charge in [-0.25, -0.2) is 13.1 Å². The van der Waals surface area contributed by atoms with Gasteiger partial charge in [0.2, 0.25) is 16.8 Å². The molecule has 0 saturated carbocycles. The maximum absolute atomic E-state index is 12.7. The van der Waals surface area contributed by atoms with Crippen molar-refractivity contribution in [2.45, 2.75) is 11.3 Å². The van der Waals surface area contributed by atoms with Crippen molar-refractivity contribution in [1.82, 2.24) is 15.0 Å². The first-order valence-electron chi connectivity index (χ1n) is 9.17. The summed E-state index contributed by atoms with van der Waals surface area (Å²) in [7, 11) is -3.67. The summed E-state index contributed by atoms with van der Waals surface area (Å²) < 4.78 is 38.7. The quantitative estimate of drug-likeness (QED) is 0.531. The van der Waals surface area contributed by atoms with Crippen molar-refractivity contribution in [2.75, 3.05) is 26.4 Å². The van der Waals surface area contributed by atoms with Gasteiger partial charge in [-0.05, 0) is 54.9 Å². The van der Waals surface area contributed by atoms with Crippen LogP contribution >= 0.6 is 11.6 Å². The molecule has 1 aliphatic rings. The highest BCUT2D eigenvalue weighted by Crippen LogP contribution is 2.32. The predicted octanol–water partition coefficient (Wildman–Crippen LogP) is 2.73. The first-order valence-corrected chi connectivity index (χ1v) is 11.0. The molecule has 4 rings (SSSR count). The van der Waals surface area contributed by atoms with E-state index in [-0.39, 0.29) is 18.2 Å². The van der Waals surface area contributed by atoms with E-state index in [1.807, 2.05) is 18.2 Å². The van der Waals surface area contributed by atoms with Crippen LogP contribution in [0.5, 0.6) is 11.5 Å². The summed E-state index contributed by atoms with van der Waals surface area (Å²) in [6.45, 7) is 1.76. The topological polar surface area (TPSA) is 89.6 Å². The van der Waals surface area contributed by atoms with Crippen LogP contribution in [0.15, 0.2) is 53.6 Å². The van der Waals surface area contributed by atoms with Crippen LogP contribution in [0.3, 0.4) is 0 Å². The predicted molar refractivity (Wildman–Crippen MR) is 111 cm³/mol. The first-order chi connectivity index (χ1) is 14.0. The molecule has 0 bridgehead atoms. The standard InChI is InChI=1S/C20H20ClN3O4S/c21-16-4-6-19(15-2-1-8-23-20(15)16)29(25,26)24-11-10-22-9-7-14-3-5-17-18(12-14)28-13-27-17/h1-6,8,12,22,24H,7,9-11,13H2. The molecular weight excluding hydrogens is 414 g/mol. The second-order valence-electron chi connectivity index (χ2n) is 6.53. The molecule has 2 heterocycles. The Morgan fingerprint density at radius 2 is 1.90 bits per heavy atom. The van der Waals surface area contributed by atoms with E-state index in [0.717, 1.165) is 30.0 Å². The Hall–Kier alpha value is -2.39. The number of nitrogens with one attached hydrogen (secondary N) is 2. The van der Waals surface area contributed by atoms with Gasteiger partial charge in [-0.3, -0.25) is 4.98 Å². The summed E-state index contributed by atoms with van der Waals surface area (Å²) in [5.41, 5.74) is 1.60. The van der Waals surface area contributed by atoms with Crippen LogP contribution in [0.4, 0.5) is 0 Å². The molecule has 0 fully saturated rings. The van der Waals surface area contributed by atoms with E-state index in [9.17, 15) is 8.42 Å². The molecule has 0 spiro atoms. The molecule has 2 N–H and O–H groups in total. The number of sulfonamides is 1. The Labute approximate surface area is 174 Å². The third kappa shape index (κ3) is 4.45. The molecule has 0 radical (unpaired) electrons. The molecule has 0 amide bonds. The van der Waals surface area contributed by atoms with Gasteiger partial charge >= 0.3 is 0 Å². The maximum atomic E-state index is 12.7. The second-order valence-corrected chi connectivity index (χ2v) is 8.67. The van der Waals surface area contributed by atoms with E-state index in [0.29, 0.717) is 22.5 Å². The van der Waals surface area contributed by atoms with Gasteiger partial charge in [0.25, 0.3) is 0 Å². The van der Waals surface area contributed by atoms with Gasteiger partial charge in [0.05, 0.1) is 15.4 Å². The van der Waals surface area contributed by atoms with Crippen LogP contribution in [0, 0.1) is 0 Å². The summed E-state index contributed by atoms with van der Waals surface area (Å²) in [6.07, 6.45) is 2.39. The SMILES string of the molecule is O=S(=O)(NCCNCCc1ccc2c(c1)OCO2)c1ccc(Cl)c2ncccc12. The average molecular weight is 434 g/mol. The van der Waals surface area contributed by atoms with Crippen molar-refractivity contribution in [1.29, 1.82) is 0 Å². The number of hydrogen-bond donors (Lipinski definition) is 2. The number of benzene rings is 2. The molecule has 2 aromatic carbocycles. The first kappa shape index (κ1) is 19.9. The van der Waals surface area contributed by atoms with Gasteiger partial charge in [0.1, 0.15) is 0 Å². The highest BCUT2D eigenvalue weighted by molar-refractivity contribution is 7.89. The second kappa shape index (κ2) is 8.54. The summed E-state index contributed by atoms with van der Waals surface area (Å²) in [4.78, 5) is 4.34. The van der Waals surface area contributed by atoms with E-state index in [1.54, 1.807) is 24.4 Å². The average Bonchev–Trinajstić information content (AvgIpc) is 3.19. The maximum Gasteiger partial charge on any atom is 0.241 e. The molecule has 9 heteroatoms. The van der Waals surface area contributed by atoms with Crippen LogP contribution in [-0.4, -0.2) is 39.8 Å². The zero-order valence-corrected chi connectivity index (χ0v) is 17.1. The summed E-state index contributed by atoms with van der Waals surface area (Å²) in [5, 5.41) is 4.16. The molecule has 1 aromatic heterocycles. The Kier molecular flexibility index (Phi) is 5.86. The van der Waals surface area contributed by atoms with Gasteiger partial charge in [-0.2, -0.15) is 0 Å². The Morgan fingerprint density at radius 3 is 2.79 bits per heavy atom. The van der Waals surface area contributed by atoms with Crippen LogP contribution < -0.4 is 19.5 Å². The molecule has 29 heavy (non-hydrogen) atoms. The zero-order valence-electron chi connectivity index (χ0n) is 15.5. The molecular formula is C20H20ClN3O4S. The Morgan fingerprint density at radius 1 is 1.03 bits per heavy atom. The molecule has 3 aromatic rings. The number of rotatable bonds is 8. The van der Waals surface area contributed by atoms with Crippen molar-refractivity contribution in [3.05, 3.63) is 59.2 Å². The number of hydrogen-bond acceptors (Lipinski definition) is 6. The summed E-state index contributed by atoms with van der Waals surface area (Å²) >= 11 is 6.12. The van der Waals surface area contributed by atoms with Gasteiger partial charge < -0.3 is 14.8 Å². The largest absolute Gasteiger partial charge is 0.454 e. The third-order valence-corrected chi connectivity index (χ3v) is 6.42. The van der Waals surface area contributed by atoms with E-state index >= 15 is 0 Å². The Balaban J connectivity index is 1.29. The molecule has 0 saturated heterocycles. The minimum Gasteiger partial charge on any atom is -0.454 e. The van der Waals surface area contributed by atoms with E-state index in [4.69, 9.17) is 21.1 Å². The number of aromatic nitrogens is 1. The highest BCUT2D eigenvalue weighted by Gasteiger charge is 2.18. The Bertz CT molecular complexity index is 1140. The lowest BCUT2D eigenvalue weighted by Gasteiger charge is -2.11. The van der Waals surface area contributed by atoms with Crippen LogP contribution in [0.2, 0.25) is 5.02 Å². The van der Waals surface area contributed by atoms with Crippen molar-refractivity contribution in [3.8, 4) is 11.5 Å². The molecule has 0 unspecified atom stereocenters. The number of nitrogens with zero attached hydrogens (tertiary/aromatic N) is 1. The summed E-state index contributed by atoms with van der Waals surface area (Å²) in [6, 6.07) is 12.3. The lowest BCUT2D eigenvalue weighted by atomic mass is 10.1. The molecule has 0 aliphatic carbocycles.